The van der Waals surface area contributed by atoms with Crippen molar-refractivity contribution in [3.63, 3.8) is 0 Å². The molecule has 2 heteroatoms. The molecule has 1 aromatic rings. The number of para-hydroxylation sites is 1. The monoisotopic (exact) mass is 208 g/mol. The maximum Gasteiger partial charge on any atom is 0.0505 e. The van der Waals surface area contributed by atoms with E-state index in [1.54, 1.807) is 0 Å². The van der Waals surface area contributed by atoms with Gasteiger partial charge in [-0.25, -0.2) is 0 Å². The van der Waals surface area contributed by atoms with Gasteiger partial charge in [-0.05, 0) is 32.4 Å². The highest BCUT2D eigenvalue weighted by Gasteiger charge is 2.21. The van der Waals surface area contributed by atoms with Crippen molar-refractivity contribution in [2.24, 2.45) is 0 Å². The van der Waals surface area contributed by atoms with Crippen molar-refractivity contribution in [3.8, 4) is 0 Å². The lowest BCUT2D eigenvalue weighted by molar-refractivity contribution is -0.00000303. The van der Waals surface area contributed by atoms with E-state index >= 15 is 0 Å². The summed E-state index contributed by atoms with van der Waals surface area (Å²) < 4.78 is 0. The smallest absolute Gasteiger partial charge is 0.0505 e. The van der Waals surface area contributed by atoms with Crippen LogP contribution >= 0.6 is 0 Å². The average Bonchev–Trinajstić information content (AvgIpc) is 2.02. The van der Waals surface area contributed by atoms with E-state index in [4.69, 9.17) is 0 Å². The molecule has 0 radical (unpaired) electrons. The van der Waals surface area contributed by atoms with E-state index in [0.717, 1.165) is 0 Å². The van der Waals surface area contributed by atoms with Gasteiger partial charge < -0.3 is 17.7 Å². The molecule has 0 bridgehead atoms. The zero-order valence-corrected chi connectivity index (χ0v) is 9.52. The third-order valence-corrected chi connectivity index (χ3v) is 2.39. The van der Waals surface area contributed by atoms with Gasteiger partial charge in [0.1, 0.15) is 0 Å². The molecule has 0 saturated heterocycles. The van der Waals surface area contributed by atoms with E-state index in [2.05, 4.69) is 56.4 Å². The Balaban J connectivity index is 0.000000980. The van der Waals surface area contributed by atoms with Gasteiger partial charge in [-0.1, -0.05) is 24.3 Å². The molecule has 1 nitrogen and oxygen atoms in total. The molecule has 0 saturated carbocycles. The maximum atomic E-state index is 3.49. The highest BCUT2D eigenvalue weighted by Crippen LogP contribution is 2.32. The molecular weight excluding hydrogens is 194 g/mol. The molecule has 1 aliphatic rings. The first-order chi connectivity index (χ1) is 6.08. The quantitative estimate of drug-likeness (QED) is 0.647. The first-order valence-electron chi connectivity index (χ1n) is 4.65. The fraction of sp³-hybridized carbons (Fsp3) is 0.333. The number of anilines is 1. The third kappa shape index (κ3) is 1.93. The van der Waals surface area contributed by atoms with Gasteiger partial charge in [0, 0.05) is 11.3 Å². The lowest BCUT2D eigenvalue weighted by atomic mass is 9.91. The normalized spacial score (nSPS) is 17.2. The topological polar surface area (TPSA) is 12.0 Å². The number of halogens is 1. The van der Waals surface area contributed by atoms with Crippen LogP contribution in [0.15, 0.2) is 30.3 Å². The molecular formula is C12H15ClN-. The van der Waals surface area contributed by atoms with Gasteiger partial charge in [-0.15, -0.1) is 0 Å². The summed E-state index contributed by atoms with van der Waals surface area (Å²) in [5.41, 5.74) is 4.01. The van der Waals surface area contributed by atoms with Crippen molar-refractivity contribution in [2.45, 2.75) is 26.3 Å². The van der Waals surface area contributed by atoms with Crippen molar-refractivity contribution >= 4 is 11.3 Å². The molecule has 2 rings (SSSR count). The molecule has 1 aromatic carbocycles. The Hall–Kier alpha value is -0.950. The summed E-state index contributed by atoms with van der Waals surface area (Å²) in [7, 11) is 0. The van der Waals surface area contributed by atoms with E-state index in [-0.39, 0.29) is 17.9 Å². The van der Waals surface area contributed by atoms with Crippen molar-refractivity contribution in [2.75, 3.05) is 5.32 Å². The standard InChI is InChI=1S/C12H15N.ClH/c1-9-8-12(2,3)13-11-7-5-4-6-10(9)11;/h4-8,13H,1-3H3;1H/p-1. The summed E-state index contributed by atoms with van der Waals surface area (Å²) >= 11 is 0. The minimum Gasteiger partial charge on any atom is -1.00 e. The van der Waals surface area contributed by atoms with Crippen LogP contribution in [-0.2, 0) is 0 Å². The summed E-state index contributed by atoms with van der Waals surface area (Å²) in [5, 5.41) is 3.49. The van der Waals surface area contributed by atoms with Crippen LogP contribution in [0.1, 0.15) is 26.3 Å². The summed E-state index contributed by atoms with van der Waals surface area (Å²) in [4.78, 5) is 0. The zero-order chi connectivity index (χ0) is 9.47. The van der Waals surface area contributed by atoms with Crippen LogP contribution in [0.4, 0.5) is 5.69 Å². The lowest BCUT2D eigenvalue weighted by Crippen LogP contribution is -3.00. The number of hydrogen-bond donors (Lipinski definition) is 1. The van der Waals surface area contributed by atoms with Crippen LogP contribution in [-0.4, -0.2) is 5.54 Å². The minimum absolute atomic E-state index is 0. The summed E-state index contributed by atoms with van der Waals surface area (Å²) in [6, 6.07) is 8.44. The van der Waals surface area contributed by atoms with E-state index in [1.165, 1.54) is 16.8 Å². The molecule has 1 N–H and O–H groups in total. The van der Waals surface area contributed by atoms with Crippen molar-refractivity contribution < 1.29 is 12.4 Å². The largest absolute Gasteiger partial charge is 1.00 e. The highest BCUT2D eigenvalue weighted by atomic mass is 35.5. The Bertz CT molecular complexity index is 366. The molecule has 0 unspecified atom stereocenters. The van der Waals surface area contributed by atoms with Crippen LogP contribution in [0.5, 0.6) is 0 Å². The Morgan fingerprint density at radius 2 is 1.79 bits per heavy atom. The highest BCUT2D eigenvalue weighted by molar-refractivity contribution is 5.79. The lowest BCUT2D eigenvalue weighted by Gasteiger charge is -2.31. The average molecular weight is 209 g/mol. The zero-order valence-electron chi connectivity index (χ0n) is 8.76. The predicted octanol–water partition coefficient (Wildman–Crippen LogP) is 0.298. The number of fused-ring (bicyclic) bond motifs is 1. The van der Waals surface area contributed by atoms with Crippen LogP contribution in [0.2, 0.25) is 0 Å². The molecule has 1 heterocycles. The van der Waals surface area contributed by atoms with Crippen LogP contribution < -0.4 is 17.7 Å². The first kappa shape index (κ1) is 11.1. The summed E-state index contributed by atoms with van der Waals surface area (Å²) in [5.74, 6) is 0. The van der Waals surface area contributed by atoms with Gasteiger partial charge in [0.2, 0.25) is 0 Å². The second-order valence-electron chi connectivity index (χ2n) is 4.22. The number of hydrogen-bond acceptors (Lipinski definition) is 1. The first-order valence-corrected chi connectivity index (χ1v) is 4.65. The molecule has 0 aromatic heterocycles. The SMILES string of the molecule is CC1=CC(C)(C)Nc2ccccc21.[Cl-]. The Morgan fingerprint density at radius 1 is 1.14 bits per heavy atom. The molecule has 0 aliphatic carbocycles. The molecule has 0 fully saturated rings. The Morgan fingerprint density at radius 3 is 2.50 bits per heavy atom. The van der Waals surface area contributed by atoms with Gasteiger partial charge >= 0.3 is 0 Å². The van der Waals surface area contributed by atoms with Crippen LogP contribution in [0.25, 0.3) is 5.57 Å². The summed E-state index contributed by atoms with van der Waals surface area (Å²) in [6.07, 6.45) is 2.27. The molecule has 0 atom stereocenters. The van der Waals surface area contributed by atoms with Crippen LogP contribution in [0, 0.1) is 0 Å². The van der Waals surface area contributed by atoms with E-state index < -0.39 is 0 Å². The van der Waals surface area contributed by atoms with Crippen LogP contribution in [0.3, 0.4) is 0 Å². The van der Waals surface area contributed by atoms with Crippen molar-refractivity contribution in [1.29, 1.82) is 0 Å². The molecule has 14 heavy (non-hydrogen) atoms. The fourth-order valence-electron chi connectivity index (χ4n) is 1.94. The third-order valence-electron chi connectivity index (χ3n) is 2.39. The second-order valence-corrected chi connectivity index (χ2v) is 4.22. The Labute approximate surface area is 91.6 Å². The van der Waals surface area contributed by atoms with Crippen molar-refractivity contribution in [1.82, 2.24) is 0 Å². The van der Waals surface area contributed by atoms with E-state index in [9.17, 15) is 0 Å². The predicted molar refractivity (Wildman–Crippen MR) is 57.8 cm³/mol. The molecule has 1 aliphatic heterocycles. The molecule has 0 amide bonds. The number of benzene rings is 1. The van der Waals surface area contributed by atoms with Gasteiger partial charge in [0.05, 0.1) is 5.54 Å². The number of rotatable bonds is 0. The van der Waals surface area contributed by atoms with Gasteiger partial charge in [0.15, 0.2) is 0 Å². The number of allylic oxidation sites excluding steroid dienone is 1. The van der Waals surface area contributed by atoms with Gasteiger partial charge in [0.25, 0.3) is 0 Å². The molecule has 76 valence electrons. The van der Waals surface area contributed by atoms with E-state index in [1.807, 2.05) is 0 Å². The second kappa shape index (κ2) is 3.66. The molecule has 0 spiro atoms. The minimum atomic E-state index is 0. The maximum absolute atomic E-state index is 3.49. The van der Waals surface area contributed by atoms with E-state index in [0.29, 0.717) is 0 Å². The van der Waals surface area contributed by atoms with Gasteiger partial charge in [-0.3, -0.25) is 0 Å². The number of nitrogens with one attached hydrogen (secondary N) is 1. The fourth-order valence-corrected chi connectivity index (χ4v) is 1.94. The summed E-state index contributed by atoms with van der Waals surface area (Å²) in [6.45, 7) is 6.54. The van der Waals surface area contributed by atoms with Crippen molar-refractivity contribution in [3.05, 3.63) is 35.9 Å². The Kier molecular flexibility index (Phi) is 2.91. The van der Waals surface area contributed by atoms with Gasteiger partial charge in [-0.2, -0.15) is 0 Å².